The lowest BCUT2D eigenvalue weighted by Crippen LogP contribution is -2.38. The lowest BCUT2D eigenvalue weighted by Gasteiger charge is -2.25. The van der Waals surface area contributed by atoms with Gasteiger partial charge in [0.25, 0.3) is 0 Å². The van der Waals surface area contributed by atoms with Gasteiger partial charge in [0.2, 0.25) is 5.91 Å². The van der Waals surface area contributed by atoms with Gasteiger partial charge in [0.05, 0.1) is 18.9 Å². The molecule has 1 aliphatic rings. The summed E-state index contributed by atoms with van der Waals surface area (Å²) < 4.78 is 42.6. The van der Waals surface area contributed by atoms with Crippen molar-refractivity contribution in [2.75, 3.05) is 19.7 Å². The zero-order chi connectivity index (χ0) is 16.2. The molecule has 0 saturated carbocycles. The molecule has 4 nitrogen and oxygen atoms in total. The Balaban J connectivity index is 2.10. The summed E-state index contributed by atoms with van der Waals surface area (Å²) in [5, 5.41) is 8.61. The van der Waals surface area contributed by atoms with Crippen molar-refractivity contribution in [3.8, 4) is 11.8 Å². The highest BCUT2D eigenvalue weighted by Gasteiger charge is 2.35. The number of nitrogens with zero attached hydrogens (tertiary/aromatic N) is 2. The third-order valence-electron chi connectivity index (χ3n) is 3.47. The number of carbonyl (C=O) groups excluding carboxylic acids is 1. The summed E-state index contributed by atoms with van der Waals surface area (Å²) in [6.45, 7) is -0.333. The maximum absolute atomic E-state index is 12.5. The molecule has 1 atom stereocenters. The van der Waals surface area contributed by atoms with E-state index in [4.69, 9.17) is 10.00 Å². The van der Waals surface area contributed by atoms with Crippen LogP contribution in [0.5, 0.6) is 5.75 Å². The number of nitriles is 1. The van der Waals surface area contributed by atoms with Crippen molar-refractivity contribution in [1.29, 1.82) is 5.26 Å². The van der Waals surface area contributed by atoms with Crippen molar-refractivity contribution in [2.24, 2.45) is 0 Å². The molecular weight excluding hydrogens is 297 g/mol. The first-order valence-corrected chi connectivity index (χ1v) is 6.86. The van der Waals surface area contributed by atoms with Gasteiger partial charge in [0, 0.05) is 18.7 Å². The third kappa shape index (κ3) is 3.91. The number of para-hydroxylation sites is 1. The van der Waals surface area contributed by atoms with Crippen molar-refractivity contribution >= 4 is 5.91 Å². The van der Waals surface area contributed by atoms with E-state index >= 15 is 0 Å². The van der Waals surface area contributed by atoms with Gasteiger partial charge in [-0.15, -0.1) is 0 Å². The number of fused-ring (bicyclic) bond motifs is 1. The Kier molecular flexibility index (Phi) is 4.91. The number of amides is 1. The molecule has 22 heavy (non-hydrogen) atoms. The highest BCUT2D eigenvalue weighted by molar-refractivity contribution is 5.85. The molecule has 2 rings (SSSR count). The quantitative estimate of drug-likeness (QED) is 0.840. The fraction of sp³-hybridized carbons (Fsp3) is 0.467. The van der Waals surface area contributed by atoms with Crippen LogP contribution < -0.4 is 4.74 Å². The second-order valence-corrected chi connectivity index (χ2v) is 5.00. The number of hydrogen-bond donors (Lipinski definition) is 0. The lowest BCUT2D eigenvalue weighted by molar-refractivity contribution is -0.146. The normalized spacial score (nSPS) is 16.5. The van der Waals surface area contributed by atoms with Crippen LogP contribution in [-0.4, -0.2) is 36.7 Å². The Morgan fingerprint density at radius 3 is 2.77 bits per heavy atom. The molecular formula is C15H15F3N2O2. The molecule has 1 heterocycles. The highest BCUT2D eigenvalue weighted by atomic mass is 19.4. The SMILES string of the molecule is N#CCCN(CCC(F)(F)F)C(=O)[C@@H]1COc2ccccc21. The molecule has 1 aliphatic heterocycles. The van der Waals surface area contributed by atoms with Crippen LogP contribution in [0.1, 0.15) is 24.3 Å². The molecule has 1 aromatic rings. The van der Waals surface area contributed by atoms with E-state index in [9.17, 15) is 18.0 Å². The highest BCUT2D eigenvalue weighted by Crippen LogP contribution is 2.35. The predicted octanol–water partition coefficient (Wildman–Crippen LogP) is 2.86. The van der Waals surface area contributed by atoms with Crippen LogP contribution in [-0.2, 0) is 4.79 Å². The maximum atomic E-state index is 12.5. The first kappa shape index (κ1) is 16.1. The molecule has 1 amide bonds. The zero-order valence-corrected chi connectivity index (χ0v) is 11.8. The van der Waals surface area contributed by atoms with E-state index in [0.29, 0.717) is 11.3 Å². The Labute approximate surface area is 126 Å². The van der Waals surface area contributed by atoms with Crippen LogP contribution in [0, 0.1) is 11.3 Å². The van der Waals surface area contributed by atoms with Gasteiger partial charge in [-0.1, -0.05) is 18.2 Å². The zero-order valence-electron chi connectivity index (χ0n) is 11.8. The summed E-state index contributed by atoms with van der Waals surface area (Å²) in [5.74, 6) is -0.454. The summed E-state index contributed by atoms with van der Waals surface area (Å²) in [4.78, 5) is 13.6. The second-order valence-electron chi connectivity index (χ2n) is 5.00. The van der Waals surface area contributed by atoms with Gasteiger partial charge in [-0.3, -0.25) is 4.79 Å². The minimum atomic E-state index is -4.34. The number of alkyl halides is 3. The van der Waals surface area contributed by atoms with Gasteiger partial charge in [-0.05, 0) is 6.07 Å². The molecule has 0 radical (unpaired) electrons. The third-order valence-corrected chi connectivity index (χ3v) is 3.47. The van der Waals surface area contributed by atoms with Crippen LogP contribution in [0.25, 0.3) is 0 Å². The first-order valence-electron chi connectivity index (χ1n) is 6.86. The van der Waals surface area contributed by atoms with E-state index in [1.165, 1.54) is 0 Å². The largest absolute Gasteiger partial charge is 0.492 e. The molecule has 0 N–H and O–H groups in total. The topological polar surface area (TPSA) is 53.3 Å². The molecule has 1 aromatic carbocycles. The van der Waals surface area contributed by atoms with Crippen LogP contribution in [0.2, 0.25) is 0 Å². The fourth-order valence-corrected chi connectivity index (χ4v) is 2.37. The molecule has 0 fully saturated rings. The van der Waals surface area contributed by atoms with Crippen molar-refractivity contribution in [1.82, 2.24) is 4.90 Å². The number of benzene rings is 1. The molecule has 118 valence electrons. The van der Waals surface area contributed by atoms with Crippen molar-refractivity contribution in [2.45, 2.75) is 24.9 Å². The van der Waals surface area contributed by atoms with Crippen molar-refractivity contribution in [3.63, 3.8) is 0 Å². The maximum Gasteiger partial charge on any atom is 0.390 e. The molecule has 0 aliphatic carbocycles. The number of rotatable bonds is 5. The Morgan fingerprint density at radius 1 is 1.36 bits per heavy atom. The molecule has 0 aromatic heterocycles. The minimum absolute atomic E-state index is 0.00117. The molecule has 0 spiro atoms. The van der Waals surface area contributed by atoms with Crippen LogP contribution in [0.4, 0.5) is 13.2 Å². The number of hydrogen-bond acceptors (Lipinski definition) is 3. The fourth-order valence-electron chi connectivity index (χ4n) is 2.37. The summed E-state index contributed by atoms with van der Waals surface area (Å²) in [7, 11) is 0. The van der Waals surface area contributed by atoms with Crippen LogP contribution in [0.3, 0.4) is 0 Å². The second kappa shape index (κ2) is 6.69. The van der Waals surface area contributed by atoms with Crippen LogP contribution >= 0.6 is 0 Å². The van der Waals surface area contributed by atoms with Gasteiger partial charge < -0.3 is 9.64 Å². The van der Waals surface area contributed by atoms with E-state index in [-0.39, 0.29) is 19.6 Å². The Hall–Kier alpha value is -2.23. The number of carbonyl (C=O) groups is 1. The van der Waals surface area contributed by atoms with Crippen LogP contribution in [0.15, 0.2) is 24.3 Å². The Bertz CT molecular complexity index is 581. The average Bonchev–Trinajstić information content (AvgIpc) is 2.89. The molecule has 0 saturated heterocycles. The van der Waals surface area contributed by atoms with Gasteiger partial charge in [-0.2, -0.15) is 18.4 Å². The van der Waals surface area contributed by atoms with E-state index in [0.717, 1.165) is 4.90 Å². The van der Waals surface area contributed by atoms with E-state index in [2.05, 4.69) is 0 Å². The van der Waals surface area contributed by atoms with E-state index < -0.39 is 31.0 Å². The minimum Gasteiger partial charge on any atom is -0.492 e. The van der Waals surface area contributed by atoms with Gasteiger partial charge in [-0.25, -0.2) is 0 Å². The molecule has 0 unspecified atom stereocenters. The average molecular weight is 312 g/mol. The predicted molar refractivity (Wildman–Crippen MR) is 72.2 cm³/mol. The van der Waals surface area contributed by atoms with Crippen molar-refractivity contribution in [3.05, 3.63) is 29.8 Å². The van der Waals surface area contributed by atoms with E-state index in [1.807, 2.05) is 6.07 Å². The number of ether oxygens (including phenoxy) is 1. The van der Waals surface area contributed by atoms with Gasteiger partial charge in [0.15, 0.2) is 0 Å². The molecule has 0 bridgehead atoms. The molecule has 7 heteroatoms. The summed E-state index contributed by atoms with van der Waals surface area (Å²) in [5.41, 5.74) is 0.682. The Morgan fingerprint density at radius 2 is 2.09 bits per heavy atom. The lowest BCUT2D eigenvalue weighted by atomic mass is 9.99. The smallest absolute Gasteiger partial charge is 0.390 e. The summed E-state index contributed by atoms with van der Waals surface area (Å²) >= 11 is 0. The monoisotopic (exact) mass is 312 g/mol. The van der Waals surface area contributed by atoms with E-state index in [1.54, 1.807) is 24.3 Å². The van der Waals surface area contributed by atoms with Gasteiger partial charge in [0.1, 0.15) is 18.3 Å². The standard InChI is InChI=1S/C15H15F3N2O2/c16-15(17,18)6-9-20(8-3-7-19)14(21)12-10-22-13-5-2-1-4-11(12)13/h1-2,4-5,12H,3,6,8-10H2/t12-/m1/s1. The number of halogens is 3. The first-order chi connectivity index (χ1) is 10.4. The van der Waals surface area contributed by atoms with Gasteiger partial charge >= 0.3 is 6.18 Å². The van der Waals surface area contributed by atoms with Crippen molar-refractivity contribution < 1.29 is 22.7 Å². The summed E-state index contributed by atoms with van der Waals surface area (Å²) in [6.07, 6.45) is -5.42. The summed E-state index contributed by atoms with van der Waals surface area (Å²) in [6, 6.07) is 8.83.